The number of aryl methyl sites for hydroxylation is 1. The van der Waals surface area contributed by atoms with Crippen LogP contribution in [-0.2, 0) is 16.6 Å². The van der Waals surface area contributed by atoms with Gasteiger partial charge in [-0.3, -0.25) is 0 Å². The summed E-state index contributed by atoms with van der Waals surface area (Å²) in [6.07, 6.45) is 0. The van der Waals surface area contributed by atoms with E-state index in [9.17, 15) is 8.42 Å². The van der Waals surface area contributed by atoms with Crippen molar-refractivity contribution in [2.75, 3.05) is 7.11 Å². The molecule has 0 aliphatic heterocycles. The second-order valence-corrected chi connectivity index (χ2v) is 6.70. The topological polar surface area (TPSA) is 55.4 Å². The van der Waals surface area contributed by atoms with Crippen LogP contribution in [0, 0.1) is 6.92 Å². The summed E-state index contributed by atoms with van der Waals surface area (Å²) in [7, 11) is -2.03. The summed E-state index contributed by atoms with van der Waals surface area (Å²) in [6, 6.07) is 11.9. The fourth-order valence-corrected chi connectivity index (χ4v) is 3.50. The highest BCUT2D eigenvalue weighted by atomic mass is 35.5. The second-order valence-electron chi connectivity index (χ2n) is 4.56. The van der Waals surface area contributed by atoms with E-state index in [0.29, 0.717) is 0 Å². The van der Waals surface area contributed by atoms with Gasteiger partial charge in [-0.25, -0.2) is 13.1 Å². The van der Waals surface area contributed by atoms with Gasteiger partial charge in [-0.05, 0) is 36.2 Å². The molecule has 0 fully saturated rings. The second kappa shape index (κ2) is 6.47. The van der Waals surface area contributed by atoms with Crippen molar-refractivity contribution in [2.45, 2.75) is 18.4 Å². The standard InChI is InChI=1S/C15H16ClNO3S/c1-11-9-12(7-8-14(11)20-2)10-17-21(18,19)15-6-4-3-5-13(15)16/h3-9,17H,10H2,1-2H3. The number of nitrogens with one attached hydrogen (secondary N) is 1. The maximum Gasteiger partial charge on any atom is 0.242 e. The van der Waals surface area contributed by atoms with Crippen LogP contribution in [0.2, 0.25) is 5.02 Å². The molecule has 2 rings (SSSR count). The molecule has 0 aliphatic rings. The van der Waals surface area contributed by atoms with E-state index in [1.807, 2.05) is 25.1 Å². The van der Waals surface area contributed by atoms with Gasteiger partial charge in [0.25, 0.3) is 0 Å². The Bertz CT molecular complexity index is 744. The van der Waals surface area contributed by atoms with Crippen molar-refractivity contribution in [1.29, 1.82) is 0 Å². The predicted octanol–water partition coefficient (Wildman–Crippen LogP) is 3.14. The SMILES string of the molecule is COc1ccc(CNS(=O)(=O)c2ccccc2Cl)cc1C. The minimum Gasteiger partial charge on any atom is -0.496 e. The highest BCUT2D eigenvalue weighted by Gasteiger charge is 2.16. The molecule has 0 atom stereocenters. The van der Waals surface area contributed by atoms with E-state index in [0.717, 1.165) is 16.9 Å². The molecule has 1 N–H and O–H groups in total. The Morgan fingerprint density at radius 2 is 1.90 bits per heavy atom. The van der Waals surface area contributed by atoms with Crippen LogP contribution in [-0.4, -0.2) is 15.5 Å². The molecule has 2 aromatic carbocycles. The number of benzene rings is 2. The quantitative estimate of drug-likeness (QED) is 0.918. The van der Waals surface area contributed by atoms with Gasteiger partial charge >= 0.3 is 0 Å². The molecule has 2 aromatic rings. The smallest absolute Gasteiger partial charge is 0.242 e. The van der Waals surface area contributed by atoms with Crippen LogP contribution in [0.15, 0.2) is 47.4 Å². The summed E-state index contributed by atoms with van der Waals surface area (Å²) in [6.45, 7) is 2.10. The molecule has 0 heterocycles. The first-order valence-electron chi connectivity index (χ1n) is 6.32. The summed E-state index contributed by atoms with van der Waals surface area (Å²) in [5.41, 5.74) is 1.80. The van der Waals surface area contributed by atoms with E-state index < -0.39 is 10.0 Å². The van der Waals surface area contributed by atoms with Crippen molar-refractivity contribution in [2.24, 2.45) is 0 Å². The molecule has 0 saturated carbocycles. The maximum atomic E-state index is 12.2. The minimum absolute atomic E-state index is 0.0805. The average molecular weight is 326 g/mol. The molecule has 112 valence electrons. The van der Waals surface area contributed by atoms with Crippen molar-refractivity contribution in [3.63, 3.8) is 0 Å². The van der Waals surface area contributed by atoms with Gasteiger partial charge in [0.2, 0.25) is 10.0 Å². The molecule has 6 heteroatoms. The fraction of sp³-hybridized carbons (Fsp3) is 0.200. The van der Waals surface area contributed by atoms with Gasteiger partial charge in [0.15, 0.2) is 0 Å². The predicted molar refractivity (Wildman–Crippen MR) is 83.2 cm³/mol. The van der Waals surface area contributed by atoms with Crippen LogP contribution in [0.1, 0.15) is 11.1 Å². The number of hydrogen-bond acceptors (Lipinski definition) is 3. The van der Waals surface area contributed by atoms with Crippen molar-refractivity contribution in [1.82, 2.24) is 4.72 Å². The highest BCUT2D eigenvalue weighted by molar-refractivity contribution is 7.89. The van der Waals surface area contributed by atoms with Crippen LogP contribution in [0.25, 0.3) is 0 Å². The van der Waals surface area contributed by atoms with Gasteiger partial charge < -0.3 is 4.74 Å². The van der Waals surface area contributed by atoms with Crippen LogP contribution in [0.4, 0.5) is 0 Å². The summed E-state index contributed by atoms with van der Waals surface area (Å²) in [5.74, 6) is 0.771. The number of ether oxygens (including phenoxy) is 1. The van der Waals surface area contributed by atoms with Crippen LogP contribution >= 0.6 is 11.6 Å². The summed E-state index contributed by atoms with van der Waals surface area (Å²) in [4.78, 5) is 0.0805. The van der Waals surface area contributed by atoms with Crippen LogP contribution < -0.4 is 9.46 Å². The monoisotopic (exact) mass is 325 g/mol. The number of rotatable bonds is 5. The molecule has 0 spiro atoms. The summed E-state index contributed by atoms with van der Waals surface area (Å²) >= 11 is 5.92. The Kier molecular flexibility index (Phi) is 4.88. The number of hydrogen-bond donors (Lipinski definition) is 1. The molecular weight excluding hydrogens is 310 g/mol. The van der Waals surface area contributed by atoms with Gasteiger partial charge in [-0.1, -0.05) is 35.9 Å². The van der Waals surface area contributed by atoms with Crippen molar-refractivity contribution in [3.8, 4) is 5.75 Å². The molecular formula is C15H16ClNO3S. The Labute approximate surface area is 129 Å². The molecule has 21 heavy (non-hydrogen) atoms. The highest BCUT2D eigenvalue weighted by Crippen LogP contribution is 2.21. The van der Waals surface area contributed by atoms with E-state index in [-0.39, 0.29) is 16.5 Å². The minimum atomic E-state index is -3.63. The Balaban J connectivity index is 2.16. The first-order valence-corrected chi connectivity index (χ1v) is 8.18. The Morgan fingerprint density at radius 3 is 2.52 bits per heavy atom. The molecule has 0 bridgehead atoms. The average Bonchev–Trinajstić information content (AvgIpc) is 2.45. The van der Waals surface area contributed by atoms with E-state index >= 15 is 0 Å². The van der Waals surface area contributed by atoms with Crippen LogP contribution in [0.3, 0.4) is 0 Å². The van der Waals surface area contributed by atoms with Crippen molar-refractivity contribution < 1.29 is 13.2 Å². The van der Waals surface area contributed by atoms with Crippen molar-refractivity contribution in [3.05, 3.63) is 58.6 Å². The lowest BCUT2D eigenvalue weighted by atomic mass is 10.1. The van der Waals surface area contributed by atoms with E-state index in [4.69, 9.17) is 16.3 Å². The number of sulfonamides is 1. The molecule has 0 amide bonds. The van der Waals surface area contributed by atoms with Gasteiger partial charge in [-0.15, -0.1) is 0 Å². The first kappa shape index (κ1) is 15.8. The molecule has 0 unspecified atom stereocenters. The third kappa shape index (κ3) is 3.75. The molecule has 4 nitrogen and oxygen atoms in total. The van der Waals surface area contributed by atoms with E-state index in [2.05, 4.69) is 4.72 Å². The third-order valence-electron chi connectivity index (χ3n) is 3.05. The van der Waals surface area contributed by atoms with Gasteiger partial charge in [0.05, 0.1) is 12.1 Å². The Hall–Kier alpha value is -1.56. The zero-order valence-electron chi connectivity index (χ0n) is 11.8. The largest absolute Gasteiger partial charge is 0.496 e. The summed E-state index contributed by atoms with van der Waals surface area (Å²) < 4.78 is 32.1. The Morgan fingerprint density at radius 1 is 1.19 bits per heavy atom. The lowest BCUT2D eigenvalue weighted by Gasteiger charge is -2.10. The molecule has 0 saturated heterocycles. The van der Waals surface area contributed by atoms with Crippen molar-refractivity contribution >= 4 is 21.6 Å². The van der Waals surface area contributed by atoms with Gasteiger partial charge in [0.1, 0.15) is 10.6 Å². The van der Waals surface area contributed by atoms with Crippen LogP contribution in [0.5, 0.6) is 5.75 Å². The van der Waals surface area contributed by atoms with Gasteiger partial charge in [-0.2, -0.15) is 0 Å². The third-order valence-corrected chi connectivity index (χ3v) is 4.95. The zero-order chi connectivity index (χ0) is 15.5. The normalized spacial score (nSPS) is 11.4. The molecule has 0 radical (unpaired) electrons. The number of methoxy groups -OCH3 is 1. The first-order chi connectivity index (χ1) is 9.94. The zero-order valence-corrected chi connectivity index (χ0v) is 13.3. The number of halogens is 1. The fourth-order valence-electron chi connectivity index (χ4n) is 1.97. The lowest BCUT2D eigenvalue weighted by molar-refractivity contribution is 0.411. The molecule has 0 aliphatic carbocycles. The summed E-state index contributed by atoms with van der Waals surface area (Å²) in [5, 5.41) is 0.205. The maximum absolute atomic E-state index is 12.2. The van der Waals surface area contributed by atoms with E-state index in [1.54, 1.807) is 25.3 Å². The van der Waals surface area contributed by atoms with Gasteiger partial charge in [0, 0.05) is 6.54 Å². The lowest BCUT2D eigenvalue weighted by Crippen LogP contribution is -2.23. The van der Waals surface area contributed by atoms with E-state index in [1.165, 1.54) is 6.07 Å². The molecule has 0 aromatic heterocycles.